The predicted octanol–water partition coefficient (Wildman–Crippen LogP) is 0.351. The first-order valence-corrected chi connectivity index (χ1v) is 8.19. The molecule has 1 atom stereocenters. The summed E-state index contributed by atoms with van der Waals surface area (Å²) in [6.45, 7) is 1.24. The summed E-state index contributed by atoms with van der Waals surface area (Å²) in [4.78, 5) is 0. The van der Waals surface area contributed by atoms with Crippen molar-refractivity contribution in [3.8, 4) is 17.4 Å². The third kappa shape index (κ3) is 6.03. The van der Waals surface area contributed by atoms with Gasteiger partial charge in [-0.1, -0.05) is 6.07 Å². The van der Waals surface area contributed by atoms with Gasteiger partial charge in [-0.2, -0.15) is 0 Å². The van der Waals surface area contributed by atoms with Crippen LogP contribution in [0, 0.1) is 0 Å². The summed E-state index contributed by atoms with van der Waals surface area (Å²) in [5, 5.41) is 20.7. The number of hydrogen-bond donors (Lipinski definition) is 4. The summed E-state index contributed by atoms with van der Waals surface area (Å²) in [5.74, 6) is 7.38. The SMILES string of the molecule is COc1ccc(CCNCC(O)COc2ccc(NN)nn2)cc1OC. The van der Waals surface area contributed by atoms with E-state index in [0.717, 1.165) is 12.0 Å². The van der Waals surface area contributed by atoms with Gasteiger partial charge in [0.05, 0.1) is 14.2 Å². The quantitative estimate of drug-likeness (QED) is 0.254. The molecule has 1 heterocycles. The predicted molar refractivity (Wildman–Crippen MR) is 97.5 cm³/mol. The third-order valence-corrected chi connectivity index (χ3v) is 3.63. The first-order chi connectivity index (χ1) is 12.7. The topological polar surface area (TPSA) is 124 Å². The molecule has 0 aliphatic rings. The van der Waals surface area contributed by atoms with Crippen LogP contribution in [0.5, 0.6) is 17.4 Å². The summed E-state index contributed by atoms with van der Waals surface area (Å²) < 4.78 is 15.9. The number of nitrogens with two attached hydrogens (primary N) is 1. The van der Waals surface area contributed by atoms with Gasteiger partial charge in [0.2, 0.25) is 5.88 Å². The number of ether oxygens (including phenoxy) is 3. The molecule has 1 unspecified atom stereocenters. The minimum absolute atomic E-state index is 0.118. The van der Waals surface area contributed by atoms with Gasteiger partial charge in [-0.05, 0) is 36.7 Å². The summed E-state index contributed by atoms with van der Waals surface area (Å²) in [5.41, 5.74) is 3.49. The first-order valence-electron chi connectivity index (χ1n) is 8.19. The molecule has 0 aliphatic heterocycles. The highest BCUT2D eigenvalue weighted by molar-refractivity contribution is 5.42. The van der Waals surface area contributed by atoms with E-state index in [9.17, 15) is 5.11 Å². The molecule has 26 heavy (non-hydrogen) atoms. The second-order valence-electron chi connectivity index (χ2n) is 5.51. The molecular weight excluding hydrogens is 338 g/mol. The standard InChI is InChI=1S/C17H25N5O4/c1-24-14-4-3-12(9-15(14)25-2)7-8-19-10-13(23)11-26-17-6-5-16(20-18)21-22-17/h3-6,9,13,19,23H,7-8,10-11,18H2,1-2H3,(H,20,21). The first kappa shape index (κ1) is 19.7. The highest BCUT2D eigenvalue weighted by Gasteiger charge is 2.07. The van der Waals surface area contributed by atoms with Crippen molar-refractivity contribution >= 4 is 5.82 Å². The van der Waals surface area contributed by atoms with Crippen LogP contribution < -0.4 is 30.8 Å². The number of rotatable bonds is 11. The van der Waals surface area contributed by atoms with Crippen LogP contribution in [0.15, 0.2) is 30.3 Å². The normalized spacial score (nSPS) is 11.7. The van der Waals surface area contributed by atoms with E-state index in [0.29, 0.717) is 36.3 Å². The summed E-state index contributed by atoms with van der Waals surface area (Å²) in [7, 11) is 3.22. The number of methoxy groups -OCH3 is 2. The number of nitrogen functional groups attached to an aromatic ring is 1. The maximum Gasteiger partial charge on any atom is 0.233 e. The Morgan fingerprint density at radius 2 is 1.92 bits per heavy atom. The van der Waals surface area contributed by atoms with E-state index in [2.05, 4.69) is 20.9 Å². The molecule has 0 saturated heterocycles. The Morgan fingerprint density at radius 3 is 2.58 bits per heavy atom. The largest absolute Gasteiger partial charge is 0.493 e. The Hall–Kier alpha value is -2.62. The number of nitrogens with one attached hydrogen (secondary N) is 2. The highest BCUT2D eigenvalue weighted by Crippen LogP contribution is 2.27. The molecule has 9 heteroatoms. The van der Waals surface area contributed by atoms with Crippen molar-refractivity contribution in [1.29, 1.82) is 0 Å². The second-order valence-corrected chi connectivity index (χ2v) is 5.51. The van der Waals surface area contributed by atoms with Crippen LogP contribution in [-0.2, 0) is 6.42 Å². The molecule has 5 N–H and O–H groups in total. The average Bonchev–Trinajstić information content (AvgIpc) is 2.69. The lowest BCUT2D eigenvalue weighted by molar-refractivity contribution is 0.103. The highest BCUT2D eigenvalue weighted by atomic mass is 16.5. The van der Waals surface area contributed by atoms with E-state index in [-0.39, 0.29) is 6.61 Å². The second kappa shape index (κ2) is 10.4. The summed E-state index contributed by atoms with van der Waals surface area (Å²) in [6, 6.07) is 9.07. The van der Waals surface area contributed by atoms with E-state index >= 15 is 0 Å². The van der Waals surface area contributed by atoms with Crippen molar-refractivity contribution in [3.05, 3.63) is 35.9 Å². The number of aliphatic hydroxyl groups is 1. The van der Waals surface area contributed by atoms with Gasteiger partial charge in [0, 0.05) is 12.6 Å². The third-order valence-electron chi connectivity index (χ3n) is 3.63. The van der Waals surface area contributed by atoms with Gasteiger partial charge in [-0.25, -0.2) is 5.84 Å². The Morgan fingerprint density at radius 1 is 1.12 bits per heavy atom. The minimum Gasteiger partial charge on any atom is -0.493 e. The maximum atomic E-state index is 9.95. The Balaban J connectivity index is 1.67. The van der Waals surface area contributed by atoms with Crippen molar-refractivity contribution in [2.45, 2.75) is 12.5 Å². The molecule has 142 valence electrons. The number of benzene rings is 1. The molecule has 1 aromatic heterocycles. The number of aliphatic hydroxyl groups excluding tert-OH is 1. The van der Waals surface area contributed by atoms with Crippen LogP contribution in [0.4, 0.5) is 5.82 Å². The molecule has 0 saturated carbocycles. The number of nitrogens with zero attached hydrogens (tertiary/aromatic N) is 2. The molecule has 9 nitrogen and oxygen atoms in total. The van der Waals surface area contributed by atoms with Crippen LogP contribution in [0.2, 0.25) is 0 Å². The fourth-order valence-corrected chi connectivity index (χ4v) is 2.25. The fourth-order valence-electron chi connectivity index (χ4n) is 2.25. The molecule has 2 aromatic rings. The minimum atomic E-state index is -0.658. The summed E-state index contributed by atoms with van der Waals surface area (Å²) in [6.07, 6.45) is 0.141. The van der Waals surface area contributed by atoms with Gasteiger partial charge in [-0.3, -0.25) is 0 Å². The average molecular weight is 363 g/mol. The van der Waals surface area contributed by atoms with Gasteiger partial charge in [-0.15, -0.1) is 10.2 Å². The molecule has 0 amide bonds. The van der Waals surface area contributed by atoms with Crippen molar-refractivity contribution < 1.29 is 19.3 Å². The van der Waals surface area contributed by atoms with Crippen LogP contribution >= 0.6 is 0 Å². The van der Waals surface area contributed by atoms with Crippen LogP contribution in [0.25, 0.3) is 0 Å². The molecule has 0 aliphatic carbocycles. The monoisotopic (exact) mass is 363 g/mol. The number of aromatic nitrogens is 2. The molecule has 0 bridgehead atoms. The Labute approximate surface area is 152 Å². The zero-order chi connectivity index (χ0) is 18.8. The van der Waals surface area contributed by atoms with E-state index in [1.165, 1.54) is 0 Å². The Kier molecular flexibility index (Phi) is 7.87. The lowest BCUT2D eigenvalue weighted by Gasteiger charge is -2.13. The number of hydrogen-bond acceptors (Lipinski definition) is 9. The van der Waals surface area contributed by atoms with Crippen molar-refractivity contribution in [2.24, 2.45) is 5.84 Å². The zero-order valence-corrected chi connectivity index (χ0v) is 14.9. The molecule has 0 spiro atoms. The van der Waals surface area contributed by atoms with Gasteiger partial charge in [0.1, 0.15) is 12.7 Å². The number of hydrazine groups is 1. The van der Waals surface area contributed by atoms with E-state index in [1.54, 1.807) is 26.4 Å². The fraction of sp³-hybridized carbons (Fsp3) is 0.412. The molecule has 2 rings (SSSR count). The van der Waals surface area contributed by atoms with Gasteiger partial charge >= 0.3 is 0 Å². The maximum absolute atomic E-state index is 9.95. The smallest absolute Gasteiger partial charge is 0.233 e. The van der Waals surface area contributed by atoms with Crippen molar-refractivity contribution in [3.63, 3.8) is 0 Å². The Bertz CT molecular complexity index is 669. The lowest BCUT2D eigenvalue weighted by Crippen LogP contribution is -2.32. The zero-order valence-electron chi connectivity index (χ0n) is 14.9. The van der Waals surface area contributed by atoms with Crippen LogP contribution in [0.3, 0.4) is 0 Å². The van der Waals surface area contributed by atoms with E-state index < -0.39 is 6.10 Å². The number of anilines is 1. The molecule has 0 radical (unpaired) electrons. The molecule has 0 fully saturated rings. The lowest BCUT2D eigenvalue weighted by atomic mass is 10.1. The van der Waals surface area contributed by atoms with Gasteiger partial charge < -0.3 is 30.1 Å². The van der Waals surface area contributed by atoms with Crippen LogP contribution in [0.1, 0.15) is 5.56 Å². The van der Waals surface area contributed by atoms with E-state index in [4.69, 9.17) is 20.1 Å². The van der Waals surface area contributed by atoms with E-state index in [1.807, 2.05) is 18.2 Å². The van der Waals surface area contributed by atoms with Gasteiger partial charge in [0.15, 0.2) is 17.3 Å². The van der Waals surface area contributed by atoms with Crippen molar-refractivity contribution in [1.82, 2.24) is 15.5 Å². The van der Waals surface area contributed by atoms with Crippen molar-refractivity contribution in [2.75, 3.05) is 39.3 Å². The van der Waals surface area contributed by atoms with Crippen LogP contribution in [-0.4, -0.2) is 55.3 Å². The molecular formula is C17H25N5O4. The van der Waals surface area contributed by atoms with Gasteiger partial charge in [0.25, 0.3) is 0 Å². The summed E-state index contributed by atoms with van der Waals surface area (Å²) >= 11 is 0. The molecule has 1 aromatic carbocycles.